The first kappa shape index (κ1) is 11.8. The van der Waals surface area contributed by atoms with Gasteiger partial charge in [0.2, 0.25) is 0 Å². The van der Waals surface area contributed by atoms with Gasteiger partial charge in [-0.3, -0.25) is 9.69 Å². The van der Waals surface area contributed by atoms with Crippen molar-refractivity contribution in [1.82, 2.24) is 10.2 Å². The zero-order valence-electron chi connectivity index (χ0n) is 8.99. The van der Waals surface area contributed by atoms with E-state index in [-0.39, 0.29) is 18.6 Å². The third-order valence-electron chi connectivity index (χ3n) is 1.97. The molecule has 15 heavy (non-hydrogen) atoms. The highest BCUT2D eigenvalue weighted by atomic mass is 16.6. The Bertz CT molecular complexity index is 244. The Morgan fingerprint density at radius 1 is 1.73 bits per heavy atom. The van der Waals surface area contributed by atoms with E-state index < -0.39 is 6.09 Å². The van der Waals surface area contributed by atoms with Crippen molar-refractivity contribution in [3.8, 4) is 0 Å². The van der Waals surface area contributed by atoms with Crippen LogP contribution in [-0.2, 0) is 14.3 Å². The summed E-state index contributed by atoms with van der Waals surface area (Å²) in [6.07, 6.45) is -0.582. The van der Waals surface area contributed by atoms with Gasteiger partial charge in [-0.2, -0.15) is 0 Å². The van der Waals surface area contributed by atoms with Crippen LogP contribution in [0, 0.1) is 0 Å². The number of nitrogens with zero attached hydrogens (tertiary/aromatic N) is 1. The third-order valence-corrected chi connectivity index (χ3v) is 1.97. The summed E-state index contributed by atoms with van der Waals surface area (Å²) in [4.78, 5) is 23.6. The number of carbonyl (C=O) groups excluding carboxylic acids is 2. The fourth-order valence-electron chi connectivity index (χ4n) is 1.37. The molecule has 0 radical (unpaired) electrons. The van der Waals surface area contributed by atoms with Crippen molar-refractivity contribution >= 4 is 12.1 Å². The molecule has 6 nitrogen and oxygen atoms in total. The molecule has 0 aromatic carbocycles. The van der Waals surface area contributed by atoms with Crippen LogP contribution in [0.15, 0.2) is 0 Å². The van der Waals surface area contributed by atoms with Gasteiger partial charge in [-0.05, 0) is 14.0 Å². The van der Waals surface area contributed by atoms with Gasteiger partial charge in [-0.25, -0.2) is 4.79 Å². The topological polar surface area (TPSA) is 67.9 Å². The summed E-state index contributed by atoms with van der Waals surface area (Å²) in [5.74, 6) is -0.266. The molecule has 1 N–H and O–H groups in total. The minimum absolute atomic E-state index is 0.183. The van der Waals surface area contributed by atoms with Crippen molar-refractivity contribution in [2.24, 2.45) is 0 Å². The van der Waals surface area contributed by atoms with Crippen LogP contribution in [0.4, 0.5) is 4.79 Å². The number of amides is 1. The van der Waals surface area contributed by atoms with Crippen LogP contribution in [0.2, 0.25) is 0 Å². The highest BCUT2D eigenvalue weighted by Gasteiger charge is 2.24. The SMILES string of the molecule is CCOC(=O)CN(C)CC1CNC(=O)O1. The molecule has 1 rings (SSSR count). The average Bonchev–Trinajstić information content (AvgIpc) is 2.51. The Hall–Kier alpha value is -1.30. The number of hydrogen-bond acceptors (Lipinski definition) is 5. The smallest absolute Gasteiger partial charge is 0.407 e. The molecule has 1 aliphatic rings. The average molecular weight is 216 g/mol. The standard InChI is InChI=1S/C9H16N2O4/c1-3-14-8(12)6-11(2)5-7-4-10-9(13)15-7/h7H,3-6H2,1-2H3,(H,10,13). The van der Waals surface area contributed by atoms with E-state index in [0.29, 0.717) is 19.7 Å². The number of nitrogens with one attached hydrogen (secondary N) is 1. The monoisotopic (exact) mass is 216 g/mol. The van der Waals surface area contributed by atoms with Gasteiger partial charge in [0.25, 0.3) is 0 Å². The fraction of sp³-hybridized carbons (Fsp3) is 0.778. The second kappa shape index (κ2) is 5.55. The quantitative estimate of drug-likeness (QED) is 0.633. The largest absolute Gasteiger partial charge is 0.465 e. The number of carbonyl (C=O) groups is 2. The summed E-state index contributed by atoms with van der Waals surface area (Å²) in [5.41, 5.74) is 0. The van der Waals surface area contributed by atoms with E-state index in [1.54, 1.807) is 18.9 Å². The summed E-state index contributed by atoms with van der Waals surface area (Å²) in [6.45, 7) is 3.37. The minimum Gasteiger partial charge on any atom is -0.465 e. The van der Waals surface area contributed by atoms with Crippen molar-refractivity contribution < 1.29 is 19.1 Å². The van der Waals surface area contributed by atoms with Gasteiger partial charge < -0.3 is 14.8 Å². The van der Waals surface area contributed by atoms with Gasteiger partial charge in [-0.1, -0.05) is 0 Å². The van der Waals surface area contributed by atoms with Crippen LogP contribution < -0.4 is 5.32 Å². The second-order valence-electron chi connectivity index (χ2n) is 3.41. The molecule has 1 saturated heterocycles. The molecule has 1 unspecified atom stereocenters. The highest BCUT2D eigenvalue weighted by Crippen LogP contribution is 2.01. The third kappa shape index (κ3) is 4.16. The fourth-order valence-corrected chi connectivity index (χ4v) is 1.37. The first-order chi connectivity index (χ1) is 7.11. The highest BCUT2D eigenvalue weighted by molar-refractivity contribution is 5.71. The molecule has 1 fully saturated rings. The maximum Gasteiger partial charge on any atom is 0.407 e. The zero-order valence-corrected chi connectivity index (χ0v) is 8.99. The second-order valence-corrected chi connectivity index (χ2v) is 3.41. The molecule has 6 heteroatoms. The number of alkyl carbamates (subject to hydrolysis) is 1. The van der Waals surface area contributed by atoms with Crippen molar-refractivity contribution in [2.45, 2.75) is 13.0 Å². The Labute approximate surface area is 88.5 Å². The van der Waals surface area contributed by atoms with Crippen LogP contribution in [-0.4, -0.2) is 56.4 Å². The normalized spacial score (nSPS) is 19.9. The van der Waals surface area contributed by atoms with Gasteiger partial charge in [0.05, 0.1) is 19.7 Å². The first-order valence-electron chi connectivity index (χ1n) is 4.90. The minimum atomic E-state index is -0.399. The van der Waals surface area contributed by atoms with Crippen LogP contribution in [0.1, 0.15) is 6.92 Å². The van der Waals surface area contributed by atoms with E-state index in [1.165, 1.54) is 0 Å². The Kier molecular flexibility index (Phi) is 4.36. The first-order valence-corrected chi connectivity index (χ1v) is 4.90. The number of ether oxygens (including phenoxy) is 2. The summed E-state index contributed by atoms with van der Waals surface area (Å²) >= 11 is 0. The molecule has 1 amide bonds. The van der Waals surface area contributed by atoms with Gasteiger partial charge in [0, 0.05) is 6.54 Å². The number of rotatable bonds is 5. The summed E-state index contributed by atoms with van der Waals surface area (Å²) in [7, 11) is 1.78. The molecular formula is C9H16N2O4. The lowest BCUT2D eigenvalue weighted by atomic mass is 10.3. The molecule has 0 aromatic heterocycles. The molecule has 1 heterocycles. The number of likely N-dealkylation sites (N-methyl/N-ethyl adjacent to an activating group) is 1. The molecule has 86 valence electrons. The van der Waals surface area contributed by atoms with Crippen molar-refractivity contribution in [1.29, 1.82) is 0 Å². The molecule has 1 aliphatic heterocycles. The number of esters is 1. The van der Waals surface area contributed by atoms with E-state index in [2.05, 4.69) is 5.32 Å². The van der Waals surface area contributed by atoms with Crippen molar-refractivity contribution in [2.75, 3.05) is 33.3 Å². The van der Waals surface area contributed by atoms with Crippen LogP contribution in [0.5, 0.6) is 0 Å². The van der Waals surface area contributed by atoms with E-state index >= 15 is 0 Å². The molecule has 0 aliphatic carbocycles. The molecule has 0 bridgehead atoms. The molecule has 0 spiro atoms. The number of hydrogen-bond donors (Lipinski definition) is 1. The Morgan fingerprint density at radius 3 is 3.00 bits per heavy atom. The molecule has 1 atom stereocenters. The van der Waals surface area contributed by atoms with E-state index in [4.69, 9.17) is 9.47 Å². The predicted molar refractivity (Wildman–Crippen MR) is 52.4 cm³/mol. The molecular weight excluding hydrogens is 200 g/mol. The van der Waals surface area contributed by atoms with Crippen LogP contribution in [0.3, 0.4) is 0 Å². The lowest BCUT2D eigenvalue weighted by molar-refractivity contribution is -0.144. The van der Waals surface area contributed by atoms with Crippen LogP contribution >= 0.6 is 0 Å². The van der Waals surface area contributed by atoms with Gasteiger partial charge in [-0.15, -0.1) is 0 Å². The van der Waals surface area contributed by atoms with Gasteiger partial charge >= 0.3 is 12.1 Å². The summed E-state index contributed by atoms with van der Waals surface area (Å²) in [6, 6.07) is 0. The lowest BCUT2D eigenvalue weighted by Gasteiger charge is -2.18. The predicted octanol–water partition coefficient (Wildman–Crippen LogP) is -0.410. The summed E-state index contributed by atoms with van der Waals surface area (Å²) in [5, 5.41) is 2.55. The van der Waals surface area contributed by atoms with E-state index in [1.807, 2.05) is 0 Å². The van der Waals surface area contributed by atoms with E-state index in [0.717, 1.165) is 0 Å². The van der Waals surface area contributed by atoms with Gasteiger partial charge in [0.15, 0.2) is 0 Å². The van der Waals surface area contributed by atoms with E-state index in [9.17, 15) is 9.59 Å². The Morgan fingerprint density at radius 2 is 2.47 bits per heavy atom. The van der Waals surface area contributed by atoms with Crippen molar-refractivity contribution in [3.63, 3.8) is 0 Å². The number of cyclic esters (lactones) is 1. The molecule has 0 saturated carbocycles. The van der Waals surface area contributed by atoms with Crippen molar-refractivity contribution in [3.05, 3.63) is 0 Å². The maximum atomic E-state index is 11.1. The Balaban J connectivity index is 2.20. The summed E-state index contributed by atoms with van der Waals surface area (Å²) < 4.78 is 9.72. The van der Waals surface area contributed by atoms with Crippen LogP contribution in [0.25, 0.3) is 0 Å². The maximum absolute atomic E-state index is 11.1. The zero-order chi connectivity index (χ0) is 11.3. The lowest BCUT2D eigenvalue weighted by Crippen LogP contribution is -2.35. The van der Waals surface area contributed by atoms with Gasteiger partial charge in [0.1, 0.15) is 6.10 Å². The molecule has 0 aromatic rings.